The second-order valence-electron chi connectivity index (χ2n) is 3.68. The van der Waals surface area contributed by atoms with Gasteiger partial charge in [0.2, 0.25) is 0 Å². The largest absolute Gasteiger partial charge is 0.418 e. The lowest BCUT2D eigenvalue weighted by molar-refractivity contribution is -0.136. The molecular weight excluding hydrogens is 217 g/mol. The Bertz CT molecular complexity index is 408. The number of anilines is 3. The molecule has 0 fully saturated rings. The molecule has 0 spiro atoms. The zero-order valence-electron chi connectivity index (χ0n) is 9.15. The van der Waals surface area contributed by atoms with Crippen molar-refractivity contribution in [2.24, 2.45) is 0 Å². The summed E-state index contributed by atoms with van der Waals surface area (Å²) in [4.78, 5) is 2.03. The third-order valence-electron chi connectivity index (χ3n) is 2.78. The molecule has 1 N–H and O–H groups in total. The van der Waals surface area contributed by atoms with Gasteiger partial charge in [0.25, 0.3) is 0 Å². The molecule has 1 aromatic rings. The predicted molar refractivity (Wildman–Crippen MR) is 58.3 cm³/mol. The van der Waals surface area contributed by atoms with Gasteiger partial charge in [-0.25, -0.2) is 0 Å². The Morgan fingerprint density at radius 2 is 1.75 bits per heavy atom. The van der Waals surface area contributed by atoms with Crippen molar-refractivity contribution in [3.8, 4) is 0 Å². The summed E-state index contributed by atoms with van der Waals surface area (Å²) in [6.45, 7) is 5.54. The first-order chi connectivity index (χ1) is 7.49. The summed E-state index contributed by atoms with van der Waals surface area (Å²) in [6.07, 6.45) is -4.27. The van der Waals surface area contributed by atoms with Gasteiger partial charge < -0.3 is 10.2 Å². The number of benzene rings is 1. The monoisotopic (exact) mass is 230 g/mol. The molecule has 0 aromatic heterocycles. The first-order valence-electron chi connectivity index (χ1n) is 5.25. The number of nitrogens with one attached hydrogen (secondary N) is 1. The normalized spacial score (nSPS) is 13.1. The van der Waals surface area contributed by atoms with Crippen molar-refractivity contribution >= 4 is 17.1 Å². The third kappa shape index (κ3) is 1.70. The Kier molecular flexibility index (Phi) is 2.48. The zero-order valence-corrected chi connectivity index (χ0v) is 9.15. The summed E-state index contributed by atoms with van der Waals surface area (Å²) in [7, 11) is 0. The number of fused-ring (bicyclic) bond motifs is 1. The summed E-state index contributed by atoms with van der Waals surface area (Å²) < 4.78 is 37.6. The summed E-state index contributed by atoms with van der Waals surface area (Å²) in [5.41, 5.74) is 1.14. The van der Waals surface area contributed by atoms with E-state index in [-0.39, 0.29) is 5.69 Å². The number of hydrogen-bond donors (Lipinski definition) is 1. The second kappa shape index (κ2) is 3.57. The molecule has 2 nitrogen and oxygen atoms in total. The van der Waals surface area contributed by atoms with Gasteiger partial charge in [-0.15, -0.1) is 0 Å². The Morgan fingerprint density at radius 3 is 2.25 bits per heavy atom. The molecule has 0 saturated carbocycles. The second-order valence-corrected chi connectivity index (χ2v) is 3.68. The Morgan fingerprint density at radius 1 is 1.12 bits per heavy atom. The van der Waals surface area contributed by atoms with Crippen LogP contribution >= 0.6 is 0 Å². The van der Waals surface area contributed by atoms with E-state index in [9.17, 15) is 13.2 Å². The lowest BCUT2D eigenvalue weighted by atomic mass is 10.2. The standard InChI is InChI=1S/C11H13F3N2/c1-3-16(4-2)8-6-5-7(11(12,13)14)9-10(8)15-9/h5-6,15H,3-4H2,1-2H3. The van der Waals surface area contributed by atoms with E-state index in [0.29, 0.717) is 5.69 Å². The molecule has 1 aliphatic heterocycles. The molecule has 16 heavy (non-hydrogen) atoms. The van der Waals surface area contributed by atoms with Crippen molar-refractivity contribution in [2.75, 3.05) is 23.3 Å². The smallest absolute Gasteiger partial charge is 0.370 e. The molecule has 0 bridgehead atoms. The molecule has 0 unspecified atom stereocenters. The molecule has 88 valence electrons. The zero-order chi connectivity index (χ0) is 11.9. The average Bonchev–Trinajstić information content (AvgIpc) is 2.97. The van der Waals surface area contributed by atoms with Crippen LogP contribution in [0.5, 0.6) is 0 Å². The first kappa shape index (κ1) is 11.1. The molecule has 1 heterocycles. The van der Waals surface area contributed by atoms with Gasteiger partial charge in [-0.2, -0.15) is 13.2 Å². The highest BCUT2D eigenvalue weighted by Crippen LogP contribution is 2.53. The number of hydrogen-bond acceptors (Lipinski definition) is 2. The molecule has 5 heteroatoms. The Hall–Kier alpha value is -1.39. The lowest BCUT2D eigenvalue weighted by Gasteiger charge is -2.20. The summed E-state index contributed by atoms with van der Waals surface area (Å²) in [5, 5.41) is 2.72. The average molecular weight is 230 g/mol. The highest BCUT2D eigenvalue weighted by molar-refractivity contribution is 6.02. The fraction of sp³-hybridized carbons (Fsp3) is 0.455. The summed E-state index contributed by atoms with van der Waals surface area (Å²) in [6, 6.07) is 2.68. The van der Waals surface area contributed by atoms with Gasteiger partial charge >= 0.3 is 6.18 Å². The molecule has 0 atom stereocenters. The van der Waals surface area contributed by atoms with E-state index in [1.807, 2.05) is 18.7 Å². The van der Waals surface area contributed by atoms with Gasteiger partial charge in [0.15, 0.2) is 0 Å². The van der Waals surface area contributed by atoms with Gasteiger partial charge in [0.05, 0.1) is 22.6 Å². The van der Waals surface area contributed by atoms with E-state index in [2.05, 4.69) is 5.32 Å². The number of halogens is 3. The quantitative estimate of drug-likeness (QED) is 0.815. The SMILES string of the molecule is CCN(CC)c1ccc(C(F)(F)F)c2c1N2. The highest BCUT2D eigenvalue weighted by Gasteiger charge is 2.40. The van der Waals surface area contributed by atoms with Crippen LogP contribution in [0.15, 0.2) is 12.1 Å². The minimum Gasteiger partial charge on any atom is -0.370 e. The van der Waals surface area contributed by atoms with Crippen LogP contribution in [0.3, 0.4) is 0 Å². The number of rotatable bonds is 3. The van der Waals surface area contributed by atoms with Crippen molar-refractivity contribution in [1.82, 2.24) is 0 Å². The maximum Gasteiger partial charge on any atom is 0.418 e. The summed E-state index contributed by atoms with van der Waals surface area (Å²) in [5.74, 6) is 0. The minimum atomic E-state index is -4.27. The van der Waals surface area contributed by atoms with E-state index in [4.69, 9.17) is 0 Å². The van der Waals surface area contributed by atoms with Crippen LogP contribution in [0.2, 0.25) is 0 Å². The molecule has 1 aliphatic rings. The highest BCUT2D eigenvalue weighted by atomic mass is 19.4. The van der Waals surface area contributed by atoms with Gasteiger partial charge in [-0.3, -0.25) is 0 Å². The van der Waals surface area contributed by atoms with Gasteiger partial charge in [0, 0.05) is 13.1 Å². The van der Waals surface area contributed by atoms with E-state index >= 15 is 0 Å². The number of nitrogens with zero attached hydrogens (tertiary/aromatic N) is 1. The Labute approximate surface area is 92.1 Å². The molecular formula is C11H13F3N2. The van der Waals surface area contributed by atoms with Crippen molar-refractivity contribution in [3.05, 3.63) is 17.7 Å². The van der Waals surface area contributed by atoms with Crippen LogP contribution in [0.4, 0.5) is 30.2 Å². The maximum absolute atomic E-state index is 12.5. The first-order valence-corrected chi connectivity index (χ1v) is 5.25. The van der Waals surface area contributed by atoms with Crippen LogP contribution in [0.25, 0.3) is 0 Å². The molecule has 0 saturated heterocycles. The predicted octanol–water partition coefficient (Wildman–Crippen LogP) is 3.61. The fourth-order valence-electron chi connectivity index (χ4n) is 1.88. The van der Waals surface area contributed by atoms with Crippen LogP contribution in [-0.2, 0) is 6.18 Å². The van der Waals surface area contributed by atoms with Gasteiger partial charge in [0.1, 0.15) is 0 Å². The summed E-state index contributed by atoms with van der Waals surface area (Å²) >= 11 is 0. The van der Waals surface area contributed by atoms with Crippen LogP contribution in [-0.4, -0.2) is 13.1 Å². The number of alkyl halides is 3. The molecule has 1 aromatic carbocycles. The van der Waals surface area contributed by atoms with E-state index < -0.39 is 11.7 Å². The molecule has 0 radical (unpaired) electrons. The Balaban J connectivity index is 2.36. The van der Waals surface area contributed by atoms with Crippen LogP contribution in [0.1, 0.15) is 19.4 Å². The molecule has 2 rings (SSSR count). The van der Waals surface area contributed by atoms with Gasteiger partial charge in [-0.1, -0.05) is 0 Å². The van der Waals surface area contributed by atoms with Crippen LogP contribution in [0, 0.1) is 0 Å². The van der Waals surface area contributed by atoms with Crippen molar-refractivity contribution < 1.29 is 13.2 Å². The third-order valence-corrected chi connectivity index (χ3v) is 2.78. The van der Waals surface area contributed by atoms with E-state index in [0.717, 1.165) is 24.8 Å². The lowest BCUT2D eigenvalue weighted by Crippen LogP contribution is -2.21. The van der Waals surface area contributed by atoms with Crippen LogP contribution < -0.4 is 10.2 Å². The minimum absolute atomic E-state index is 0.233. The van der Waals surface area contributed by atoms with Gasteiger partial charge in [-0.05, 0) is 26.0 Å². The maximum atomic E-state index is 12.5. The topological polar surface area (TPSA) is 25.2 Å². The fourth-order valence-corrected chi connectivity index (χ4v) is 1.88. The molecule has 0 amide bonds. The van der Waals surface area contributed by atoms with Crippen molar-refractivity contribution in [3.63, 3.8) is 0 Å². The van der Waals surface area contributed by atoms with Crippen molar-refractivity contribution in [1.29, 1.82) is 0 Å². The van der Waals surface area contributed by atoms with Crippen molar-refractivity contribution in [2.45, 2.75) is 20.0 Å². The van der Waals surface area contributed by atoms with E-state index in [1.165, 1.54) is 6.07 Å². The molecule has 0 aliphatic carbocycles. The van der Waals surface area contributed by atoms with E-state index in [1.54, 1.807) is 0 Å².